The van der Waals surface area contributed by atoms with Gasteiger partial charge in [-0.15, -0.1) is 0 Å². The smallest absolute Gasteiger partial charge is 0.237 e. The molecule has 2 aliphatic rings. The van der Waals surface area contributed by atoms with Crippen LogP contribution in [0.3, 0.4) is 0 Å². The van der Waals surface area contributed by atoms with Crippen LogP contribution < -0.4 is 20.3 Å². The summed E-state index contributed by atoms with van der Waals surface area (Å²) in [6, 6.07) is 14.0. The zero-order valence-corrected chi connectivity index (χ0v) is 13.7. The lowest BCUT2D eigenvalue weighted by Gasteiger charge is -2.30. The van der Waals surface area contributed by atoms with E-state index in [1.807, 2.05) is 30.3 Å². The fourth-order valence-corrected chi connectivity index (χ4v) is 3.50. The fourth-order valence-electron chi connectivity index (χ4n) is 3.21. The molecule has 4 rings (SSSR count). The maximum atomic E-state index is 12.2. The summed E-state index contributed by atoms with van der Waals surface area (Å²) in [5, 5.41) is 0.522. The van der Waals surface area contributed by atoms with Crippen LogP contribution in [0.2, 0.25) is 5.02 Å². The maximum absolute atomic E-state index is 12.2. The van der Waals surface area contributed by atoms with E-state index in [0.717, 1.165) is 17.5 Å². The molecule has 2 unspecified atom stereocenters. The molecule has 1 amide bonds. The second-order valence-corrected chi connectivity index (χ2v) is 6.45. The van der Waals surface area contributed by atoms with Crippen LogP contribution in [-0.4, -0.2) is 12.7 Å². The van der Waals surface area contributed by atoms with Crippen LogP contribution in [-0.2, 0) is 11.2 Å². The number of ether oxygens (including phenoxy) is 2. The summed E-state index contributed by atoms with van der Waals surface area (Å²) >= 11 is 6.24. The van der Waals surface area contributed by atoms with Crippen molar-refractivity contribution in [3.05, 3.63) is 58.6 Å². The van der Waals surface area contributed by atoms with Gasteiger partial charge in [0.05, 0.1) is 11.1 Å². The number of hydrazine groups is 1. The Morgan fingerprint density at radius 3 is 2.83 bits per heavy atom. The molecule has 5 nitrogen and oxygen atoms in total. The summed E-state index contributed by atoms with van der Waals surface area (Å²) < 4.78 is 10.7. The standard InChI is InChI=1S/C18H17ClN2O3/c19-14-7-11(8-16-17(14)24-10-23-16)6-13-9-15(20-21-18(13)22)12-4-2-1-3-5-12/h1-5,7-8,13,15,20H,6,9-10H2,(H,21,22). The van der Waals surface area contributed by atoms with Gasteiger partial charge in [-0.3, -0.25) is 10.2 Å². The van der Waals surface area contributed by atoms with Gasteiger partial charge in [-0.05, 0) is 36.1 Å². The van der Waals surface area contributed by atoms with Crippen LogP contribution in [0.4, 0.5) is 0 Å². The van der Waals surface area contributed by atoms with Gasteiger partial charge in [-0.2, -0.15) is 0 Å². The summed E-state index contributed by atoms with van der Waals surface area (Å²) in [4.78, 5) is 12.2. The molecule has 6 heteroatoms. The molecule has 1 saturated heterocycles. The number of rotatable bonds is 3. The average molecular weight is 345 g/mol. The number of halogens is 1. The largest absolute Gasteiger partial charge is 0.454 e. The molecule has 2 aliphatic heterocycles. The molecular formula is C18H17ClN2O3. The predicted molar refractivity (Wildman–Crippen MR) is 89.8 cm³/mol. The molecule has 2 heterocycles. The van der Waals surface area contributed by atoms with E-state index < -0.39 is 0 Å². The zero-order valence-electron chi connectivity index (χ0n) is 12.9. The molecule has 0 aliphatic carbocycles. The van der Waals surface area contributed by atoms with E-state index in [9.17, 15) is 4.79 Å². The number of carbonyl (C=O) groups excluding carboxylic acids is 1. The van der Waals surface area contributed by atoms with Gasteiger partial charge in [-0.25, -0.2) is 5.43 Å². The molecule has 2 N–H and O–H groups in total. The lowest BCUT2D eigenvalue weighted by molar-refractivity contribution is -0.128. The van der Waals surface area contributed by atoms with E-state index >= 15 is 0 Å². The number of fused-ring (bicyclic) bond motifs is 1. The van der Waals surface area contributed by atoms with E-state index in [1.165, 1.54) is 0 Å². The highest BCUT2D eigenvalue weighted by molar-refractivity contribution is 6.32. The highest BCUT2D eigenvalue weighted by Gasteiger charge is 2.30. The minimum Gasteiger partial charge on any atom is -0.454 e. The summed E-state index contributed by atoms with van der Waals surface area (Å²) in [6.45, 7) is 0.183. The quantitative estimate of drug-likeness (QED) is 0.898. The molecular weight excluding hydrogens is 328 g/mol. The Morgan fingerprint density at radius 2 is 2.00 bits per heavy atom. The van der Waals surface area contributed by atoms with E-state index in [2.05, 4.69) is 23.0 Å². The molecule has 1 fully saturated rings. The summed E-state index contributed by atoms with van der Waals surface area (Å²) in [6.07, 6.45) is 1.33. The third-order valence-corrected chi connectivity index (χ3v) is 4.71. The van der Waals surface area contributed by atoms with Crippen molar-refractivity contribution in [1.29, 1.82) is 0 Å². The molecule has 124 valence electrons. The van der Waals surface area contributed by atoms with Crippen molar-refractivity contribution in [3.8, 4) is 11.5 Å². The Labute approximate surface area is 144 Å². The van der Waals surface area contributed by atoms with Crippen molar-refractivity contribution in [2.45, 2.75) is 18.9 Å². The first kappa shape index (κ1) is 15.3. The highest BCUT2D eigenvalue weighted by atomic mass is 35.5. The lowest BCUT2D eigenvalue weighted by Crippen LogP contribution is -2.49. The van der Waals surface area contributed by atoms with E-state index in [4.69, 9.17) is 21.1 Å². The van der Waals surface area contributed by atoms with E-state index in [-0.39, 0.29) is 24.7 Å². The monoisotopic (exact) mass is 344 g/mol. The Balaban J connectivity index is 1.53. The molecule has 0 radical (unpaired) electrons. The molecule has 2 aromatic rings. The maximum Gasteiger partial charge on any atom is 0.237 e. The molecule has 24 heavy (non-hydrogen) atoms. The minimum atomic E-state index is -0.132. The second kappa shape index (κ2) is 6.34. The van der Waals surface area contributed by atoms with Gasteiger partial charge in [0.1, 0.15) is 0 Å². The highest BCUT2D eigenvalue weighted by Crippen LogP contribution is 2.40. The van der Waals surface area contributed by atoms with E-state index in [0.29, 0.717) is 22.9 Å². The van der Waals surface area contributed by atoms with Crippen LogP contribution in [0.25, 0.3) is 0 Å². The third-order valence-electron chi connectivity index (χ3n) is 4.43. The molecule has 0 bridgehead atoms. The van der Waals surface area contributed by atoms with Crippen LogP contribution in [0, 0.1) is 5.92 Å². The van der Waals surface area contributed by atoms with Crippen LogP contribution in [0.1, 0.15) is 23.6 Å². The predicted octanol–water partition coefficient (Wildman–Crippen LogP) is 2.99. The van der Waals surface area contributed by atoms with Gasteiger partial charge in [0.2, 0.25) is 12.7 Å². The summed E-state index contributed by atoms with van der Waals surface area (Å²) in [5.74, 6) is 1.09. The van der Waals surface area contributed by atoms with Crippen LogP contribution >= 0.6 is 11.6 Å². The number of hydrogen-bond donors (Lipinski definition) is 2. The average Bonchev–Trinajstić information content (AvgIpc) is 3.07. The summed E-state index contributed by atoms with van der Waals surface area (Å²) in [7, 11) is 0. The van der Waals surface area contributed by atoms with Crippen LogP contribution in [0.15, 0.2) is 42.5 Å². The number of amides is 1. The van der Waals surface area contributed by atoms with Crippen LogP contribution in [0.5, 0.6) is 11.5 Å². The zero-order chi connectivity index (χ0) is 16.5. The molecule has 0 spiro atoms. The van der Waals surface area contributed by atoms with Crippen molar-refractivity contribution >= 4 is 17.5 Å². The Morgan fingerprint density at radius 1 is 1.17 bits per heavy atom. The van der Waals surface area contributed by atoms with Gasteiger partial charge < -0.3 is 9.47 Å². The first-order valence-corrected chi connectivity index (χ1v) is 8.27. The first-order chi connectivity index (χ1) is 11.7. The molecule has 0 saturated carbocycles. The van der Waals surface area contributed by atoms with Gasteiger partial charge in [0.15, 0.2) is 11.5 Å². The minimum absolute atomic E-state index is 0.00373. The van der Waals surface area contributed by atoms with Crippen molar-refractivity contribution in [3.63, 3.8) is 0 Å². The van der Waals surface area contributed by atoms with Crippen molar-refractivity contribution in [2.75, 3.05) is 6.79 Å². The first-order valence-electron chi connectivity index (χ1n) is 7.89. The SMILES string of the molecule is O=C1NNC(c2ccccc2)CC1Cc1cc(Cl)c2c(c1)OCO2. The van der Waals surface area contributed by atoms with Crippen molar-refractivity contribution < 1.29 is 14.3 Å². The van der Waals surface area contributed by atoms with Gasteiger partial charge in [0, 0.05) is 5.92 Å². The lowest BCUT2D eigenvalue weighted by atomic mass is 9.88. The second-order valence-electron chi connectivity index (χ2n) is 6.05. The number of carbonyl (C=O) groups is 1. The van der Waals surface area contributed by atoms with Gasteiger partial charge in [-0.1, -0.05) is 41.9 Å². The fraction of sp³-hybridized carbons (Fsp3) is 0.278. The van der Waals surface area contributed by atoms with E-state index in [1.54, 1.807) is 0 Å². The van der Waals surface area contributed by atoms with Gasteiger partial charge >= 0.3 is 0 Å². The summed E-state index contributed by atoms with van der Waals surface area (Å²) in [5.41, 5.74) is 8.00. The van der Waals surface area contributed by atoms with Crippen molar-refractivity contribution in [1.82, 2.24) is 10.9 Å². The number of hydrogen-bond acceptors (Lipinski definition) is 4. The normalized spacial score (nSPS) is 22.3. The molecule has 2 aromatic carbocycles. The molecule has 0 aromatic heterocycles. The Bertz CT molecular complexity index is 766. The Kier molecular flexibility index (Phi) is 4.04. The topological polar surface area (TPSA) is 59.6 Å². The number of nitrogens with one attached hydrogen (secondary N) is 2. The molecule has 2 atom stereocenters. The Hall–Kier alpha value is -2.24. The number of benzene rings is 2. The van der Waals surface area contributed by atoms with Crippen molar-refractivity contribution in [2.24, 2.45) is 5.92 Å². The van der Waals surface area contributed by atoms with Gasteiger partial charge in [0.25, 0.3) is 0 Å². The third kappa shape index (κ3) is 2.92.